The number of hydrogen-bond acceptors (Lipinski definition) is 3. The molecule has 0 bridgehead atoms. The monoisotopic (exact) mass is 283 g/mol. The van der Waals surface area contributed by atoms with Crippen molar-refractivity contribution in [1.82, 2.24) is 4.98 Å². The van der Waals surface area contributed by atoms with Gasteiger partial charge >= 0.3 is 0 Å². The van der Waals surface area contributed by atoms with Crippen molar-refractivity contribution in [2.45, 2.75) is 45.8 Å². The smallest absolute Gasteiger partial charge is 0.0572 e. The number of nitrogens with zero attached hydrogens (tertiary/aromatic N) is 2. The Morgan fingerprint density at radius 1 is 1.10 bits per heavy atom. The summed E-state index contributed by atoms with van der Waals surface area (Å²) >= 11 is 0. The molecule has 0 aliphatic carbocycles. The first-order valence-electron chi connectivity index (χ1n) is 7.64. The Morgan fingerprint density at radius 2 is 1.81 bits per heavy atom. The second-order valence-corrected chi connectivity index (χ2v) is 5.66. The summed E-state index contributed by atoms with van der Waals surface area (Å²) in [6, 6.07) is 15.1. The van der Waals surface area contributed by atoms with E-state index in [2.05, 4.69) is 61.0 Å². The average Bonchev–Trinajstić information content (AvgIpc) is 2.53. The summed E-state index contributed by atoms with van der Waals surface area (Å²) in [5.41, 5.74) is 9.44. The van der Waals surface area contributed by atoms with E-state index in [0.29, 0.717) is 6.04 Å². The molecule has 1 aromatic carbocycles. The zero-order chi connectivity index (χ0) is 15.2. The summed E-state index contributed by atoms with van der Waals surface area (Å²) in [7, 11) is 0. The van der Waals surface area contributed by atoms with Crippen molar-refractivity contribution < 1.29 is 0 Å². The molecular weight excluding hydrogens is 258 g/mol. The van der Waals surface area contributed by atoms with Gasteiger partial charge in [-0.15, -0.1) is 0 Å². The minimum absolute atomic E-state index is 0.0284. The first kappa shape index (κ1) is 15.5. The molecule has 1 heterocycles. The lowest BCUT2D eigenvalue weighted by Gasteiger charge is -2.29. The fourth-order valence-electron chi connectivity index (χ4n) is 2.35. The minimum atomic E-state index is 0.0284. The normalized spacial score (nSPS) is 12.4. The summed E-state index contributed by atoms with van der Waals surface area (Å²) < 4.78 is 0. The summed E-state index contributed by atoms with van der Waals surface area (Å²) in [6.07, 6.45) is 2.85. The molecule has 1 atom stereocenters. The molecule has 0 spiro atoms. The fraction of sp³-hybridized carbons (Fsp3) is 0.389. The van der Waals surface area contributed by atoms with Crippen LogP contribution in [0.1, 0.15) is 44.5 Å². The summed E-state index contributed by atoms with van der Waals surface area (Å²) in [5, 5.41) is 0. The van der Waals surface area contributed by atoms with E-state index >= 15 is 0 Å². The van der Waals surface area contributed by atoms with Crippen molar-refractivity contribution in [3.05, 3.63) is 59.9 Å². The van der Waals surface area contributed by atoms with Crippen LogP contribution in [-0.2, 0) is 6.54 Å². The second-order valence-electron chi connectivity index (χ2n) is 5.66. The van der Waals surface area contributed by atoms with E-state index in [-0.39, 0.29) is 6.04 Å². The van der Waals surface area contributed by atoms with E-state index in [4.69, 9.17) is 5.73 Å². The van der Waals surface area contributed by atoms with Gasteiger partial charge in [-0.2, -0.15) is 0 Å². The van der Waals surface area contributed by atoms with Crippen LogP contribution in [0.25, 0.3) is 0 Å². The fourth-order valence-corrected chi connectivity index (χ4v) is 2.35. The molecule has 2 rings (SSSR count). The predicted molar refractivity (Wildman–Crippen MR) is 89.2 cm³/mol. The van der Waals surface area contributed by atoms with Gasteiger partial charge in [-0.05, 0) is 38.0 Å². The number of pyridine rings is 1. The molecule has 0 saturated carbocycles. The van der Waals surface area contributed by atoms with Gasteiger partial charge in [-0.1, -0.05) is 37.3 Å². The molecule has 2 aromatic rings. The molecular formula is C18H25N3. The number of anilines is 1. The van der Waals surface area contributed by atoms with Gasteiger partial charge in [0.1, 0.15) is 0 Å². The lowest BCUT2D eigenvalue weighted by Crippen LogP contribution is -2.30. The third-order valence-electron chi connectivity index (χ3n) is 3.74. The molecule has 0 amide bonds. The van der Waals surface area contributed by atoms with Gasteiger partial charge in [0, 0.05) is 18.6 Å². The largest absolute Gasteiger partial charge is 0.364 e. The Bertz CT molecular complexity index is 534. The third-order valence-corrected chi connectivity index (χ3v) is 3.74. The van der Waals surface area contributed by atoms with Gasteiger partial charge in [-0.25, -0.2) is 0 Å². The van der Waals surface area contributed by atoms with Gasteiger partial charge in [0.15, 0.2) is 0 Å². The standard InChI is InChI=1S/C18H25N3/c1-4-17(19)18-11-10-16(12-20-18)21(14(2)3)13-15-8-6-5-7-9-15/h5-12,14,17H,4,13,19H2,1-3H3/t17-/m1/s1. The molecule has 2 N–H and O–H groups in total. The van der Waals surface area contributed by atoms with Crippen LogP contribution in [0.2, 0.25) is 0 Å². The lowest BCUT2D eigenvalue weighted by molar-refractivity contribution is 0.665. The maximum absolute atomic E-state index is 6.03. The van der Waals surface area contributed by atoms with Crippen LogP contribution in [0, 0.1) is 0 Å². The zero-order valence-electron chi connectivity index (χ0n) is 13.2. The van der Waals surface area contributed by atoms with Gasteiger partial charge in [0.2, 0.25) is 0 Å². The number of benzene rings is 1. The zero-order valence-corrected chi connectivity index (χ0v) is 13.2. The molecule has 0 aliphatic rings. The Labute approximate surface area is 127 Å². The number of aromatic nitrogens is 1. The van der Waals surface area contributed by atoms with E-state index in [0.717, 1.165) is 24.3 Å². The molecule has 0 radical (unpaired) electrons. The van der Waals surface area contributed by atoms with Crippen LogP contribution in [0.3, 0.4) is 0 Å². The third kappa shape index (κ3) is 4.05. The van der Waals surface area contributed by atoms with Crippen molar-refractivity contribution in [3.63, 3.8) is 0 Å². The topological polar surface area (TPSA) is 42.1 Å². The van der Waals surface area contributed by atoms with Crippen LogP contribution in [0.4, 0.5) is 5.69 Å². The van der Waals surface area contributed by atoms with E-state index < -0.39 is 0 Å². The number of hydrogen-bond donors (Lipinski definition) is 1. The highest BCUT2D eigenvalue weighted by molar-refractivity contribution is 5.46. The molecule has 0 unspecified atom stereocenters. The SMILES string of the molecule is CC[C@@H](N)c1ccc(N(Cc2ccccc2)C(C)C)cn1. The van der Waals surface area contributed by atoms with Gasteiger partial charge in [-0.3, -0.25) is 4.98 Å². The molecule has 0 fully saturated rings. The van der Waals surface area contributed by atoms with Gasteiger partial charge in [0.05, 0.1) is 17.6 Å². The maximum atomic E-state index is 6.03. The molecule has 0 saturated heterocycles. The van der Waals surface area contributed by atoms with E-state index in [1.54, 1.807) is 0 Å². The van der Waals surface area contributed by atoms with Crippen molar-refractivity contribution in [2.24, 2.45) is 5.73 Å². The van der Waals surface area contributed by atoms with Gasteiger partial charge < -0.3 is 10.6 Å². The maximum Gasteiger partial charge on any atom is 0.0572 e. The highest BCUT2D eigenvalue weighted by Crippen LogP contribution is 2.21. The molecule has 112 valence electrons. The molecule has 3 heteroatoms. The van der Waals surface area contributed by atoms with Crippen molar-refractivity contribution in [3.8, 4) is 0 Å². The van der Waals surface area contributed by atoms with Crippen LogP contribution in [0.15, 0.2) is 48.7 Å². The summed E-state index contributed by atoms with van der Waals surface area (Å²) in [6.45, 7) is 7.37. The Kier molecular flexibility index (Phi) is 5.34. The Morgan fingerprint density at radius 3 is 2.33 bits per heavy atom. The van der Waals surface area contributed by atoms with E-state index in [9.17, 15) is 0 Å². The summed E-state index contributed by atoms with van der Waals surface area (Å²) in [4.78, 5) is 6.88. The molecule has 0 aliphatic heterocycles. The highest BCUT2D eigenvalue weighted by Gasteiger charge is 2.12. The Balaban J connectivity index is 2.18. The van der Waals surface area contributed by atoms with Crippen molar-refractivity contribution in [1.29, 1.82) is 0 Å². The second kappa shape index (κ2) is 7.23. The van der Waals surface area contributed by atoms with Crippen LogP contribution >= 0.6 is 0 Å². The van der Waals surface area contributed by atoms with Crippen LogP contribution < -0.4 is 10.6 Å². The van der Waals surface area contributed by atoms with Crippen molar-refractivity contribution in [2.75, 3.05) is 4.90 Å². The van der Waals surface area contributed by atoms with E-state index in [1.165, 1.54) is 5.56 Å². The predicted octanol–water partition coefficient (Wildman–Crippen LogP) is 3.91. The number of nitrogens with two attached hydrogens (primary N) is 1. The highest BCUT2D eigenvalue weighted by atomic mass is 15.2. The molecule has 21 heavy (non-hydrogen) atoms. The quantitative estimate of drug-likeness (QED) is 0.874. The molecule has 3 nitrogen and oxygen atoms in total. The van der Waals surface area contributed by atoms with Crippen molar-refractivity contribution >= 4 is 5.69 Å². The van der Waals surface area contributed by atoms with Crippen LogP contribution in [-0.4, -0.2) is 11.0 Å². The summed E-state index contributed by atoms with van der Waals surface area (Å²) in [5.74, 6) is 0. The minimum Gasteiger partial charge on any atom is -0.364 e. The first-order chi connectivity index (χ1) is 10.1. The molecule has 1 aromatic heterocycles. The average molecular weight is 283 g/mol. The van der Waals surface area contributed by atoms with E-state index in [1.807, 2.05) is 18.3 Å². The van der Waals surface area contributed by atoms with Gasteiger partial charge in [0.25, 0.3) is 0 Å². The lowest BCUT2D eigenvalue weighted by atomic mass is 10.1. The Hall–Kier alpha value is -1.87. The van der Waals surface area contributed by atoms with Crippen LogP contribution in [0.5, 0.6) is 0 Å². The number of rotatable bonds is 6. The first-order valence-corrected chi connectivity index (χ1v) is 7.64.